The van der Waals surface area contributed by atoms with Crippen molar-refractivity contribution in [1.29, 1.82) is 0 Å². The fraction of sp³-hybridized carbons (Fsp3) is 0.524. The first-order valence-electron chi connectivity index (χ1n) is 10.3. The van der Waals surface area contributed by atoms with E-state index in [0.717, 1.165) is 29.8 Å². The summed E-state index contributed by atoms with van der Waals surface area (Å²) in [6, 6.07) is 4.88. The fourth-order valence-corrected chi connectivity index (χ4v) is 4.68. The Bertz CT molecular complexity index is 862. The van der Waals surface area contributed by atoms with Crippen molar-refractivity contribution in [3.8, 4) is 0 Å². The molecule has 8 nitrogen and oxygen atoms in total. The zero-order valence-electron chi connectivity index (χ0n) is 16.4. The lowest BCUT2D eigenvalue weighted by molar-refractivity contribution is -0.136. The molecule has 0 bridgehead atoms. The van der Waals surface area contributed by atoms with Crippen molar-refractivity contribution in [1.82, 2.24) is 15.1 Å². The van der Waals surface area contributed by atoms with Gasteiger partial charge in [0, 0.05) is 32.1 Å². The SMILES string of the molecule is NCCN(Cc1ccc2c(c1)C(=O)N(C1CCC(=O)NC1=O)C2=O)C1CCCC1. The summed E-state index contributed by atoms with van der Waals surface area (Å²) in [6.07, 6.45) is 5.05. The minimum absolute atomic E-state index is 0.116. The minimum Gasteiger partial charge on any atom is -0.329 e. The Hall–Kier alpha value is -2.58. The summed E-state index contributed by atoms with van der Waals surface area (Å²) in [6.45, 7) is 2.04. The van der Waals surface area contributed by atoms with E-state index in [1.54, 1.807) is 12.1 Å². The molecule has 1 aliphatic carbocycles. The Morgan fingerprint density at radius 2 is 1.76 bits per heavy atom. The van der Waals surface area contributed by atoms with Crippen LogP contribution in [0.4, 0.5) is 0 Å². The maximum atomic E-state index is 13.0. The number of hydrogen-bond donors (Lipinski definition) is 2. The van der Waals surface area contributed by atoms with Gasteiger partial charge in [0.2, 0.25) is 11.8 Å². The number of imide groups is 2. The summed E-state index contributed by atoms with van der Waals surface area (Å²) >= 11 is 0. The predicted octanol–water partition coefficient (Wildman–Crippen LogP) is 0.791. The lowest BCUT2D eigenvalue weighted by atomic mass is 10.0. The van der Waals surface area contributed by atoms with Crippen LogP contribution >= 0.6 is 0 Å². The second kappa shape index (κ2) is 8.04. The molecule has 1 aromatic carbocycles. The van der Waals surface area contributed by atoms with Crippen molar-refractivity contribution in [2.45, 2.75) is 57.2 Å². The van der Waals surface area contributed by atoms with E-state index in [2.05, 4.69) is 10.2 Å². The second-order valence-corrected chi connectivity index (χ2v) is 8.02. The molecule has 2 aliphatic heterocycles. The molecular formula is C21H26N4O4. The third-order valence-electron chi connectivity index (χ3n) is 6.15. The maximum absolute atomic E-state index is 13.0. The summed E-state index contributed by atoms with van der Waals surface area (Å²) in [5.41, 5.74) is 7.39. The average molecular weight is 398 g/mol. The molecule has 4 amide bonds. The van der Waals surface area contributed by atoms with E-state index in [1.165, 1.54) is 12.8 Å². The van der Waals surface area contributed by atoms with E-state index in [0.29, 0.717) is 30.3 Å². The van der Waals surface area contributed by atoms with Gasteiger partial charge in [-0.25, -0.2) is 0 Å². The Labute approximate surface area is 169 Å². The van der Waals surface area contributed by atoms with Gasteiger partial charge in [0.25, 0.3) is 11.8 Å². The van der Waals surface area contributed by atoms with E-state index in [4.69, 9.17) is 5.73 Å². The number of hydrogen-bond acceptors (Lipinski definition) is 6. The first-order valence-corrected chi connectivity index (χ1v) is 10.3. The van der Waals surface area contributed by atoms with E-state index < -0.39 is 23.8 Å². The van der Waals surface area contributed by atoms with Gasteiger partial charge in [-0.2, -0.15) is 0 Å². The fourth-order valence-electron chi connectivity index (χ4n) is 4.68. The molecule has 8 heteroatoms. The first kappa shape index (κ1) is 19.7. The van der Waals surface area contributed by atoms with Crippen LogP contribution in [0.15, 0.2) is 18.2 Å². The van der Waals surface area contributed by atoms with Gasteiger partial charge in [-0.05, 0) is 37.0 Å². The van der Waals surface area contributed by atoms with Gasteiger partial charge < -0.3 is 5.73 Å². The van der Waals surface area contributed by atoms with E-state index >= 15 is 0 Å². The van der Waals surface area contributed by atoms with Gasteiger partial charge in [-0.15, -0.1) is 0 Å². The van der Waals surface area contributed by atoms with E-state index in [9.17, 15) is 19.2 Å². The van der Waals surface area contributed by atoms with Crippen LogP contribution in [0, 0.1) is 0 Å². The molecule has 0 aromatic heterocycles. The third kappa shape index (κ3) is 3.70. The molecule has 4 rings (SSSR count). The molecular weight excluding hydrogens is 372 g/mol. The van der Waals surface area contributed by atoms with Crippen LogP contribution in [0.3, 0.4) is 0 Å². The monoisotopic (exact) mass is 398 g/mol. The summed E-state index contributed by atoms with van der Waals surface area (Å²) in [5, 5.41) is 2.21. The Kier molecular flexibility index (Phi) is 5.47. The number of fused-ring (bicyclic) bond motifs is 1. The summed E-state index contributed by atoms with van der Waals surface area (Å²) in [4.78, 5) is 52.7. The normalized spacial score (nSPS) is 22.6. The topological polar surface area (TPSA) is 113 Å². The molecule has 3 aliphatic rings. The molecule has 1 saturated heterocycles. The molecule has 29 heavy (non-hydrogen) atoms. The zero-order valence-corrected chi connectivity index (χ0v) is 16.4. The Balaban J connectivity index is 1.55. The summed E-state index contributed by atoms with van der Waals surface area (Å²) < 4.78 is 0. The number of nitrogens with one attached hydrogen (secondary N) is 1. The van der Waals surface area contributed by atoms with E-state index in [-0.39, 0.29) is 18.7 Å². The lowest BCUT2D eigenvalue weighted by Crippen LogP contribution is -2.54. The summed E-state index contributed by atoms with van der Waals surface area (Å²) in [7, 11) is 0. The van der Waals surface area contributed by atoms with Gasteiger partial charge in [0.1, 0.15) is 6.04 Å². The van der Waals surface area contributed by atoms with Crippen molar-refractivity contribution in [3.05, 3.63) is 34.9 Å². The molecule has 1 atom stereocenters. The van der Waals surface area contributed by atoms with Crippen LogP contribution in [0.25, 0.3) is 0 Å². The predicted molar refractivity (Wildman–Crippen MR) is 105 cm³/mol. The smallest absolute Gasteiger partial charge is 0.262 e. The molecule has 0 radical (unpaired) electrons. The van der Waals surface area contributed by atoms with Crippen LogP contribution in [-0.4, -0.2) is 58.6 Å². The highest BCUT2D eigenvalue weighted by molar-refractivity contribution is 6.23. The quantitative estimate of drug-likeness (QED) is 0.685. The third-order valence-corrected chi connectivity index (χ3v) is 6.15. The number of piperidine rings is 1. The highest BCUT2D eigenvalue weighted by Gasteiger charge is 2.44. The van der Waals surface area contributed by atoms with Crippen LogP contribution in [-0.2, 0) is 16.1 Å². The van der Waals surface area contributed by atoms with Crippen molar-refractivity contribution in [2.24, 2.45) is 5.73 Å². The van der Waals surface area contributed by atoms with Crippen molar-refractivity contribution in [3.63, 3.8) is 0 Å². The van der Waals surface area contributed by atoms with Crippen LogP contribution < -0.4 is 11.1 Å². The molecule has 3 N–H and O–H groups in total. The molecule has 1 saturated carbocycles. The minimum atomic E-state index is -0.934. The average Bonchev–Trinajstić information content (AvgIpc) is 3.31. The largest absolute Gasteiger partial charge is 0.329 e. The standard InChI is InChI=1S/C21H26N4O4/c22-9-10-24(14-3-1-2-4-14)12-13-5-6-15-16(11-13)21(29)25(20(15)28)17-7-8-18(26)23-19(17)27/h5-6,11,14,17H,1-4,7-10,12,22H2,(H,23,26,27). The number of benzene rings is 1. The number of amides is 4. The zero-order chi connectivity index (χ0) is 20.5. The molecule has 0 spiro atoms. The van der Waals surface area contributed by atoms with Crippen LogP contribution in [0.1, 0.15) is 64.8 Å². The van der Waals surface area contributed by atoms with Gasteiger partial charge in [0.05, 0.1) is 11.1 Å². The molecule has 1 unspecified atom stereocenters. The molecule has 1 aromatic rings. The molecule has 2 heterocycles. The maximum Gasteiger partial charge on any atom is 0.262 e. The van der Waals surface area contributed by atoms with Gasteiger partial charge in [-0.3, -0.25) is 34.3 Å². The highest BCUT2D eigenvalue weighted by atomic mass is 16.2. The van der Waals surface area contributed by atoms with Crippen LogP contribution in [0.5, 0.6) is 0 Å². The van der Waals surface area contributed by atoms with E-state index in [1.807, 2.05) is 6.07 Å². The number of nitrogens with two attached hydrogens (primary N) is 1. The Morgan fingerprint density at radius 3 is 2.45 bits per heavy atom. The van der Waals surface area contributed by atoms with Crippen LogP contribution in [0.2, 0.25) is 0 Å². The lowest BCUT2D eigenvalue weighted by Gasteiger charge is -2.28. The summed E-state index contributed by atoms with van der Waals surface area (Å²) in [5.74, 6) is -1.91. The van der Waals surface area contributed by atoms with Crippen molar-refractivity contribution < 1.29 is 19.2 Å². The molecule has 2 fully saturated rings. The number of nitrogens with zero attached hydrogens (tertiary/aromatic N) is 2. The Morgan fingerprint density at radius 1 is 1.03 bits per heavy atom. The molecule has 154 valence electrons. The first-order chi connectivity index (χ1) is 14.0. The number of carbonyl (C=O) groups excluding carboxylic acids is 4. The number of carbonyl (C=O) groups is 4. The van der Waals surface area contributed by atoms with Gasteiger partial charge in [-0.1, -0.05) is 18.9 Å². The van der Waals surface area contributed by atoms with Crippen molar-refractivity contribution >= 4 is 23.6 Å². The van der Waals surface area contributed by atoms with Gasteiger partial charge in [0.15, 0.2) is 0 Å². The van der Waals surface area contributed by atoms with Gasteiger partial charge >= 0.3 is 0 Å². The van der Waals surface area contributed by atoms with Crippen molar-refractivity contribution in [2.75, 3.05) is 13.1 Å². The highest BCUT2D eigenvalue weighted by Crippen LogP contribution is 2.30. The second-order valence-electron chi connectivity index (χ2n) is 8.02. The number of rotatable bonds is 6.